The fourth-order valence-corrected chi connectivity index (χ4v) is 5.07. The number of rotatable bonds is 14. The summed E-state index contributed by atoms with van der Waals surface area (Å²) < 4.78 is 27.9. The summed E-state index contributed by atoms with van der Waals surface area (Å²) in [7, 11) is 1.58. The van der Waals surface area contributed by atoms with Gasteiger partial charge < -0.3 is 33.7 Å². The SMILES string of the molecule is COc1ccccc1-c1nccc(COc2ccc(CN(CCN3CCOCC3)C(=O)OC(C)(C)C)cc2CC(OC(C)=O)C(=O)O)n1. The highest BCUT2D eigenvalue weighted by molar-refractivity contribution is 5.77. The van der Waals surface area contributed by atoms with Gasteiger partial charge in [-0.05, 0) is 56.2 Å². The lowest BCUT2D eigenvalue weighted by Crippen LogP contribution is -2.44. The van der Waals surface area contributed by atoms with Crippen molar-refractivity contribution in [3.05, 3.63) is 71.5 Å². The highest BCUT2D eigenvalue weighted by Crippen LogP contribution is 2.28. The fraction of sp³-hybridized carbons (Fsp3) is 0.457. The predicted octanol–water partition coefficient (Wildman–Crippen LogP) is 4.36. The van der Waals surface area contributed by atoms with Crippen LogP contribution in [0.2, 0.25) is 0 Å². The number of hydrogen-bond donors (Lipinski definition) is 1. The van der Waals surface area contributed by atoms with E-state index >= 15 is 0 Å². The Morgan fingerprint density at radius 3 is 2.50 bits per heavy atom. The van der Waals surface area contributed by atoms with E-state index in [0.29, 0.717) is 54.9 Å². The van der Waals surface area contributed by atoms with Gasteiger partial charge in [-0.2, -0.15) is 0 Å². The largest absolute Gasteiger partial charge is 0.496 e. The Kier molecular flexibility index (Phi) is 12.7. The summed E-state index contributed by atoms with van der Waals surface area (Å²) in [6, 6.07) is 14.4. The monoisotopic (exact) mass is 664 g/mol. The molecule has 48 heavy (non-hydrogen) atoms. The number of ether oxygens (including phenoxy) is 5. The van der Waals surface area contributed by atoms with E-state index in [2.05, 4.69) is 14.9 Å². The first-order chi connectivity index (χ1) is 22.9. The van der Waals surface area contributed by atoms with Crippen molar-refractivity contribution in [1.29, 1.82) is 0 Å². The number of carboxylic acid groups (broad SMARTS) is 1. The Labute approximate surface area is 280 Å². The summed E-state index contributed by atoms with van der Waals surface area (Å²) >= 11 is 0. The molecule has 2 aromatic carbocycles. The van der Waals surface area contributed by atoms with Gasteiger partial charge in [-0.25, -0.2) is 19.6 Å². The van der Waals surface area contributed by atoms with Gasteiger partial charge in [0, 0.05) is 52.3 Å². The number of amides is 1. The quantitative estimate of drug-likeness (QED) is 0.244. The second-order valence-electron chi connectivity index (χ2n) is 12.3. The molecule has 1 aliphatic heterocycles. The van der Waals surface area contributed by atoms with Crippen LogP contribution in [0.3, 0.4) is 0 Å². The summed E-state index contributed by atoms with van der Waals surface area (Å²) in [4.78, 5) is 49.9. The van der Waals surface area contributed by atoms with Crippen LogP contribution >= 0.6 is 0 Å². The normalized spacial score (nSPS) is 14.1. The van der Waals surface area contributed by atoms with Gasteiger partial charge in [-0.15, -0.1) is 0 Å². The third-order valence-electron chi connectivity index (χ3n) is 7.37. The lowest BCUT2D eigenvalue weighted by molar-refractivity contribution is -0.162. The van der Waals surface area contributed by atoms with E-state index in [0.717, 1.165) is 31.1 Å². The van der Waals surface area contributed by atoms with Gasteiger partial charge in [-0.1, -0.05) is 24.3 Å². The average molecular weight is 665 g/mol. The van der Waals surface area contributed by atoms with Crippen LogP contribution in [0.5, 0.6) is 11.5 Å². The molecule has 1 unspecified atom stereocenters. The molecule has 0 bridgehead atoms. The Bertz CT molecular complexity index is 1550. The maximum absolute atomic E-state index is 13.3. The van der Waals surface area contributed by atoms with Crippen LogP contribution in [0.4, 0.5) is 4.79 Å². The van der Waals surface area contributed by atoms with Crippen molar-refractivity contribution >= 4 is 18.0 Å². The summed E-state index contributed by atoms with van der Waals surface area (Å²) in [5, 5.41) is 9.83. The summed E-state index contributed by atoms with van der Waals surface area (Å²) in [6.07, 6.45) is -0.440. The topological polar surface area (TPSA) is 150 Å². The minimum atomic E-state index is -1.44. The molecule has 0 saturated carbocycles. The van der Waals surface area contributed by atoms with Crippen molar-refractivity contribution in [2.24, 2.45) is 0 Å². The molecule has 1 aromatic heterocycles. The molecule has 1 aliphatic rings. The summed E-state index contributed by atoms with van der Waals surface area (Å²) in [6.45, 7) is 10.7. The zero-order valence-corrected chi connectivity index (χ0v) is 28.1. The molecule has 1 atom stereocenters. The third kappa shape index (κ3) is 10.9. The van der Waals surface area contributed by atoms with Crippen LogP contribution < -0.4 is 9.47 Å². The van der Waals surface area contributed by atoms with E-state index in [-0.39, 0.29) is 19.6 Å². The molecule has 2 heterocycles. The number of benzene rings is 2. The molecule has 0 radical (unpaired) electrons. The molecule has 258 valence electrons. The molecule has 1 fully saturated rings. The minimum Gasteiger partial charge on any atom is -0.496 e. The van der Waals surface area contributed by atoms with Crippen LogP contribution in [0.1, 0.15) is 44.5 Å². The van der Waals surface area contributed by atoms with Crippen LogP contribution in [-0.4, -0.2) is 101 Å². The molecule has 3 aromatic rings. The van der Waals surface area contributed by atoms with Gasteiger partial charge >= 0.3 is 18.0 Å². The maximum atomic E-state index is 13.3. The fourth-order valence-electron chi connectivity index (χ4n) is 5.07. The zero-order chi connectivity index (χ0) is 34.7. The molecule has 0 aliphatic carbocycles. The van der Waals surface area contributed by atoms with E-state index in [4.69, 9.17) is 23.7 Å². The highest BCUT2D eigenvalue weighted by Gasteiger charge is 2.26. The molecular weight excluding hydrogens is 620 g/mol. The zero-order valence-electron chi connectivity index (χ0n) is 28.1. The average Bonchev–Trinajstić information content (AvgIpc) is 3.05. The maximum Gasteiger partial charge on any atom is 0.410 e. The number of carbonyl (C=O) groups is 3. The molecule has 1 saturated heterocycles. The number of nitrogens with zero attached hydrogens (tertiary/aromatic N) is 4. The van der Waals surface area contributed by atoms with E-state index < -0.39 is 29.7 Å². The smallest absolute Gasteiger partial charge is 0.410 e. The molecule has 0 spiro atoms. The van der Waals surface area contributed by atoms with E-state index in [1.165, 1.54) is 0 Å². The first kappa shape index (κ1) is 36.1. The number of hydrogen-bond acceptors (Lipinski definition) is 11. The molecule has 13 heteroatoms. The van der Waals surface area contributed by atoms with Crippen LogP contribution in [0, 0.1) is 0 Å². The Morgan fingerprint density at radius 2 is 1.81 bits per heavy atom. The first-order valence-corrected chi connectivity index (χ1v) is 15.8. The third-order valence-corrected chi connectivity index (χ3v) is 7.37. The second kappa shape index (κ2) is 16.9. The molecule has 13 nitrogen and oxygen atoms in total. The van der Waals surface area contributed by atoms with Gasteiger partial charge in [0.15, 0.2) is 5.82 Å². The van der Waals surface area contributed by atoms with E-state index in [1.54, 1.807) is 36.4 Å². The standard InChI is InChI=1S/C35H44N4O9/c1-24(40)47-31(33(41)42)21-26-20-25(22-39(34(43)48-35(2,3)4)15-14-38-16-18-45-19-17-38)10-11-29(26)46-23-27-12-13-36-32(37-27)28-8-6-7-9-30(28)44-5/h6-13,20,31H,14-19,21-23H2,1-5H3,(H,41,42). The van der Waals surface area contributed by atoms with Gasteiger partial charge in [0.2, 0.25) is 6.10 Å². The molecule has 1 N–H and O–H groups in total. The van der Waals surface area contributed by atoms with Crippen molar-refractivity contribution in [2.45, 2.75) is 59.0 Å². The van der Waals surface area contributed by atoms with Crippen molar-refractivity contribution in [3.63, 3.8) is 0 Å². The van der Waals surface area contributed by atoms with Gasteiger partial charge in [-0.3, -0.25) is 9.69 Å². The van der Waals surface area contributed by atoms with Crippen molar-refractivity contribution in [2.75, 3.05) is 46.5 Å². The number of morpholine rings is 1. The number of aromatic nitrogens is 2. The van der Waals surface area contributed by atoms with Crippen LogP contribution in [-0.2, 0) is 43.4 Å². The van der Waals surface area contributed by atoms with Gasteiger partial charge in [0.05, 0.1) is 31.6 Å². The lowest BCUT2D eigenvalue weighted by atomic mass is 10.0. The molecule has 4 rings (SSSR count). The highest BCUT2D eigenvalue weighted by atomic mass is 16.6. The van der Waals surface area contributed by atoms with E-state index in [1.807, 2.05) is 51.1 Å². The van der Waals surface area contributed by atoms with Crippen LogP contribution in [0.25, 0.3) is 11.4 Å². The number of carboxylic acids is 1. The first-order valence-electron chi connectivity index (χ1n) is 15.8. The van der Waals surface area contributed by atoms with E-state index in [9.17, 15) is 19.5 Å². The minimum absolute atomic E-state index is 0.0475. The number of carbonyl (C=O) groups excluding carboxylic acids is 2. The lowest BCUT2D eigenvalue weighted by Gasteiger charge is -2.31. The molecule has 1 amide bonds. The van der Waals surface area contributed by atoms with Crippen molar-refractivity contribution in [1.82, 2.24) is 19.8 Å². The van der Waals surface area contributed by atoms with Crippen molar-refractivity contribution in [3.8, 4) is 22.9 Å². The number of methoxy groups -OCH3 is 1. The van der Waals surface area contributed by atoms with Crippen molar-refractivity contribution < 1.29 is 43.2 Å². The summed E-state index contributed by atoms with van der Waals surface area (Å²) in [5.41, 5.74) is 1.81. The Hall–Kier alpha value is -4.75. The Morgan fingerprint density at radius 1 is 1.06 bits per heavy atom. The van der Waals surface area contributed by atoms with Gasteiger partial charge in [0.25, 0.3) is 0 Å². The second-order valence-corrected chi connectivity index (χ2v) is 12.3. The number of para-hydroxylation sites is 1. The van der Waals surface area contributed by atoms with Crippen LogP contribution in [0.15, 0.2) is 54.7 Å². The summed E-state index contributed by atoms with van der Waals surface area (Å²) in [5.74, 6) is -0.537. The Balaban J connectivity index is 1.59. The number of esters is 1. The molecular formula is C35H44N4O9. The predicted molar refractivity (Wildman–Crippen MR) is 176 cm³/mol. The van der Waals surface area contributed by atoms with Gasteiger partial charge in [0.1, 0.15) is 23.7 Å². The number of aliphatic carboxylic acids is 1.